The average molecular weight is 671 g/mol. The van der Waals surface area contributed by atoms with Crippen LogP contribution >= 0.6 is 0 Å². The standard InChI is InChI=1S/C38H50N6O5/c1-25(2)44-21-29(19-41-44)28-9-16-39-33(18-28)43(35(46)27-5-7-32(8-6-27)49-36(47)42-22-31(45)23-42)24-37-10-13-38(14-11-37,15-12-37)30-17-26(3)34(48-4)40-20-30/h9,16-21,25,27,31-32,45H,5-8,10-15,22-24H2,1-4H3. The van der Waals surface area contributed by atoms with Gasteiger partial charge in [-0.05, 0) is 125 Å². The normalized spacial score (nSPS) is 26.8. The quantitative estimate of drug-likeness (QED) is 0.284. The largest absolute Gasteiger partial charge is 0.481 e. The molecular weight excluding hydrogens is 620 g/mol. The molecule has 4 saturated carbocycles. The van der Waals surface area contributed by atoms with E-state index in [2.05, 4.69) is 43.1 Å². The van der Waals surface area contributed by atoms with E-state index in [9.17, 15) is 14.7 Å². The minimum Gasteiger partial charge on any atom is -0.481 e. The van der Waals surface area contributed by atoms with Gasteiger partial charge in [-0.1, -0.05) is 0 Å². The molecule has 0 atom stereocenters. The van der Waals surface area contributed by atoms with Crippen molar-refractivity contribution in [1.29, 1.82) is 0 Å². The number of amides is 2. The topological polar surface area (TPSA) is 123 Å². The van der Waals surface area contributed by atoms with Crippen molar-refractivity contribution in [1.82, 2.24) is 24.6 Å². The van der Waals surface area contributed by atoms with Crippen molar-refractivity contribution in [2.24, 2.45) is 11.3 Å². The fourth-order valence-corrected chi connectivity index (χ4v) is 8.59. The average Bonchev–Trinajstić information content (AvgIpc) is 3.61. The SMILES string of the molecule is COc1ncc(C23CCC(CN(C(=O)C4CCC(OC(=O)N5CC(O)C5)CC4)c4cc(-c5cnn(C(C)C)c5)ccn4)(CC2)CC3)cc1C. The lowest BCUT2D eigenvalue weighted by atomic mass is 9.52. The Bertz CT molecular complexity index is 1650. The van der Waals surface area contributed by atoms with Gasteiger partial charge in [0.25, 0.3) is 0 Å². The number of β-amino-alcohol motifs (C(OH)–C–C–N with tert-alkyl or cyclic N) is 1. The van der Waals surface area contributed by atoms with E-state index >= 15 is 0 Å². The molecule has 11 heteroatoms. The lowest BCUT2D eigenvalue weighted by Gasteiger charge is -2.55. The summed E-state index contributed by atoms with van der Waals surface area (Å²) < 4.78 is 13.1. The molecule has 2 bridgehead atoms. The molecule has 3 aromatic heterocycles. The smallest absolute Gasteiger partial charge is 0.410 e. The highest BCUT2D eigenvalue weighted by Crippen LogP contribution is 2.58. The Hall–Kier alpha value is -3.99. The number of carbonyl (C=O) groups excluding carboxylic acids is 2. The van der Waals surface area contributed by atoms with Gasteiger partial charge in [-0.2, -0.15) is 5.10 Å². The number of aromatic nitrogens is 4. The lowest BCUT2D eigenvalue weighted by Crippen LogP contribution is -2.54. The maximum absolute atomic E-state index is 14.6. The van der Waals surface area contributed by atoms with Crippen molar-refractivity contribution in [3.05, 3.63) is 54.1 Å². The molecule has 49 heavy (non-hydrogen) atoms. The predicted molar refractivity (Wildman–Crippen MR) is 185 cm³/mol. The Morgan fingerprint density at radius 2 is 1.71 bits per heavy atom. The first-order valence-corrected chi connectivity index (χ1v) is 18.0. The molecule has 2 amide bonds. The summed E-state index contributed by atoms with van der Waals surface area (Å²) >= 11 is 0. The van der Waals surface area contributed by atoms with E-state index in [1.807, 2.05) is 40.3 Å². The highest BCUT2D eigenvalue weighted by Gasteiger charge is 2.51. The van der Waals surface area contributed by atoms with E-state index in [1.165, 1.54) is 10.5 Å². The molecule has 0 spiro atoms. The molecule has 0 unspecified atom stereocenters. The van der Waals surface area contributed by atoms with E-state index in [1.54, 1.807) is 7.11 Å². The number of aliphatic hydroxyl groups excluding tert-OH is 1. The number of nitrogens with zero attached hydrogens (tertiary/aromatic N) is 6. The monoisotopic (exact) mass is 670 g/mol. The van der Waals surface area contributed by atoms with Gasteiger partial charge in [0.2, 0.25) is 11.8 Å². The summed E-state index contributed by atoms with van der Waals surface area (Å²) in [6, 6.07) is 6.55. The molecule has 1 saturated heterocycles. The molecule has 0 aromatic carbocycles. The van der Waals surface area contributed by atoms with Crippen LogP contribution in [0.15, 0.2) is 43.0 Å². The highest BCUT2D eigenvalue weighted by atomic mass is 16.6. The summed E-state index contributed by atoms with van der Waals surface area (Å²) in [5, 5.41) is 14.1. The summed E-state index contributed by atoms with van der Waals surface area (Å²) in [4.78, 5) is 40.0. The van der Waals surface area contributed by atoms with Gasteiger partial charge < -0.3 is 19.5 Å². The van der Waals surface area contributed by atoms with Crippen LogP contribution in [0, 0.1) is 18.3 Å². The van der Waals surface area contributed by atoms with Crippen molar-refractivity contribution < 1.29 is 24.2 Å². The van der Waals surface area contributed by atoms with Crippen molar-refractivity contribution in [3.8, 4) is 17.0 Å². The maximum atomic E-state index is 14.6. The molecule has 5 aliphatic rings. The van der Waals surface area contributed by atoms with Crippen LogP contribution in [0.1, 0.15) is 95.2 Å². The van der Waals surface area contributed by atoms with Crippen LogP contribution in [0.3, 0.4) is 0 Å². The van der Waals surface area contributed by atoms with Gasteiger partial charge >= 0.3 is 6.09 Å². The number of hydrogen-bond donors (Lipinski definition) is 1. The van der Waals surface area contributed by atoms with Crippen molar-refractivity contribution >= 4 is 17.8 Å². The Morgan fingerprint density at radius 1 is 1.00 bits per heavy atom. The highest BCUT2D eigenvalue weighted by molar-refractivity contribution is 5.95. The fraction of sp³-hybridized carbons (Fsp3) is 0.605. The molecule has 4 heterocycles. The number of fused-ring (bicyclic) bond motifs is 3. The third kappa shape index (κ3) is 6.66. The van der Waals surface area contributed by atoms with Gasteiger partial charge in [-0.15, -0.1) is 0 Å². The molecule has 0 radical (unpaired) electrons. The number of hydrogen-bond acceptors (Lipinski definition) is 8. The van der Waals surface area contributed by atoms with Crippen LogP contribution in [-0.2, 0) is 14.9 Å². The summed E-state index contributed by atoms with van der Waals surface area (Å²) in [6.45, 7) is 7.58. The van der Waals surface area contributed by atoms with Crippen LogP contribution in [0.5, 0.6) is 5.88 Å². The molecular formula is C38H50N6O5. The zero-order valence-electron chi connectivity index (χ0n) is 29.3. The molecule has 262 valence electrons. The first kappa shape index (κ1) is 33.5. The van der Waals surface area contributed by atoms with Gasteiger partial charge in [0.05, 0.1) is 32.5 Å². The molecule has 11 nitrogen and oxygen atoms in total. The number of pyridine rings is 2. The van der Waals surface area contributed by atoms with Crippen LogP contribution < -0.4 is 9.64 Å². The summed E-state index contributed by atoms with van der Waals surface area (Å²) in [6.07, 6.45) is 15.7. The number of aryl methyl sites for hydroxylation is 1. The lowest BCUT2D eigenvalue weighted by molar-refractivity contribution is -0.124. The third-order valence-electron chi connectivity index (χ3n) is 11.9. The van der Waals surface area contributed by atoms with Crippen molar-refractivity contribution in [2.75, 3.05) is 31.6 Å². The van der Waals surface area contributed by atoms with Crippen LogP contribution in [0.4, 0.5) is 10.6 Å². The number of anilines is 1. The minimum atomic E-state index is -0.460. The van der Waals surface area contributed by atoms with E-state index in [-0.39, 0.29) is 40.9 Å². The summed E-state index contributed by atoms with van der Waals surface area (Å²) in [5.74, 6) is 1.33. The molecule has 8 rings (SSSR count). The predicted octanol–water partition coefficient (Wildman–Crippen LogP) is 6.24. The molecule has 3 aromatic rings. The second-order valence-corrected chi connectivity index (χ2v) is 15.4. The third-order valence-corrected chi connectivity index (χ3v) is 11.9. The van der Waals surface area contributed by atoms with Crippen molar-refractivity contribution in [3.63, 3.8) is 0 Å². The Kier molecular flexibility index (Phi) is 9.15. The Balaban J connectivity index is 1.10. The van der Waals surface area contributed by atoms with E-state index < -0.39 is 6.10 Å². The zero-order chi connectivity index (χ0) is 34.3. The molecule has 4 aliphatic carbocycles. The molecule has 1 N–H and O–H groups in total. The summed E-state index contributed by atoms with van der Waals surface area (Å²) in [7, 11) is 1.67. The van der Waals surface area contributed by atoms with Crippen LogP contribution in [0.25, 0.3) is 11.1 Å². The van der Waals surface area contributed by atoms with Gasteiger partial charge in [0, 0.05) is 48.2 Å². The van der Waals surface area contributed by atoms with Gasteiger partial charge in [0.1, 0.15) is 11.9 Å². The fourth-order valence-electron chi connectivity index (χ4n) is 8.59. The van der Waals surface area contributed by atoms with E-state index in [0.29, 0.717) is 57.0 Å². The van der Waals surface area contributed by atoms with Crippen LogP contribution in [-0.4, -0.2) is 80.7 Å². The number of rotatable bonds is 9. The maximum Gasteiger partial charge on any atom is 0.410 e. The number of carbonyl (C=O) groups is 2. The van der Waals surface area contributed by atoms with Gasteiger partial charge in [0.15, 0.2) is 0 Å². The van der Waals surface area contributed by atoms with E-state index in [0.717, 1.165) is 55.2 Å². The first-order valence-electron chi connectivity index (χ1n) is 18.0. The Morgan fingerprint density at radius 3 is 2.33 bits per heavy atom. The number of likely N-dealkylation sites (tertiary alicyclic amines) is 1. The second-order valence-electron chi connectivity index (χ2n) is 15.4. The molecule has 5 fully saturated rings. The van der Waals surface area contributed by atoms with Crippen LogP contribution in [0.2, 0.25) is 0 Å². The molecule has 1 aliphatic heterocycles. The first-order chi connectivity index (χ1) is 23.6. The van der Waals surface area contributed by atoms with E-state index in [4.69, 9.17) is 14.5 Å². The number of aliphatic hydroxyl groups is 1. The Labute approximate surface area is 289 Å². The summed E-state index contributed by atoms with van der Waals surface area (Å²) in [5.41, 5.74) is 4.53. The van der Waals surface area contributed by atoms with Gasteiger partial charge in [-0.25, -0.2) is 14.8 Å². The second kappa shape index (κ2) is 13.4. The van der Waals surface area contributed by atoms with Gasteiger partial charge in [-0.3, -0.25) is 14.4 Å². The number of ether oxygens (including phenoxy) is 2. The number of methoxy groups -OCH3 is 1. The van der Waals surface area contributed by atoms with Crippen molar-refractivity contribution in [2.45, 2.75) is 109 Å². The zero-order valence-corrected chi connectivity index (χ0v) is 29.3. The minimum absolute atomic E-state index is 0.0289.